The quantitative estimate of drug-likeness (QED) is 0.859. The number of hydrogen-bond acceptors (Lipinski definition) is 2. The van der Waals surface area contributed by atoms with Gasteiger partial charge in [-0.05, 0) is 37.1 Å². The zero-order valence-electron chi connectivity index (χ0n) is 11.3. The summed E-state index contributed by atoms with van der Waals surface area (Å²) in [4.78, 5) is 22.8. The van der Waals surface area contributed by atoms with E-state index in [1.807, 2.05) is 6.92 Å². The largest absolute Gasteiger partial charge is 0.349 e. The van der Waals surface area contributed by atoms with Crippen molar-refractivity contribution in [2.75, 3.05) is 5.32 Å². The van der Waals surface area contributed by atoms with Crippen molar-refractivity contribution in [3.05, 3.63) is 29.8 Å². The first kappa shape index (κ1) is 14.2. The van der Waals surface area contributed by atoms with Gasteiger partial charge in [-0.1, -0.05) is 13.8 Å². The number of hydrogen-bond donors (Lipinski definition) is 2. The van der Waals surface area contributed by atoms with Gasteiger partial charge in [0.05, 0.1) is 0 Å². The van der Waals surface area contributed by atoms with Crippen LogP contribution in [0.25, 0.3) is 0 Å². The molecule has 0 aromatic heterocycles. The van der Waals surface area contributed by atoms with Crippen LogP contribution in [0.1, 0.15) is 38.1 Å². The Labute approximate surface area is 108 Å². The van der Waals surface area contributed by atoms with Crippen LogP contribution in [-0.2, 0) is 4.79 Å². The molecule has 98 valence electrons. The van der Waals surface area contributed by atoms with E-state index in [1.165, 1.54) is 6.92 Å². The number of carbonyl (C=O) groups excluding carboxylic acids is 2. The molecule has 0 aliphatic heterocycles. The maximum Gasteiger partial charge on any atom is 0.251 e. The normalized spacial score (nSPS) is 12.1. The highest BCUT2D eigenvalue weighted by molar-refractivity contribution is 5.95. The lowest BCUT2D eigenvalue weighted by Gasteiger charge is -2.17. The van der Waals surface area contributed by atoms with Crippen molar-refractivity contribution >= 4 is 17.5 Å². The van der Waals surface area contributed by atoms with Crippen molar-refractivity contribution in [1.82, 2.24) is 5.32 Å². The van der Waals surface area contributed by atoms with Crippen molar-refractivity contribution in [3.63, 3.8) is 0 Å². The van der Waals surface area contributed by atoms with Gasteiger partial charge in [0.1, 0.15) is 0 Å². The van der Waals surface area contributed by atoms with Gasteiger partial charge < -0.3 is 10.6 Å². The predicted molar refractivity (Wildman–Crippen MR) is 72.5 cm³/mol. The van der Waals surface area contributed by atoms with Crippen molar-refractivity contribution in [3.8, 4) is 0 Å². The van der Waals surface area contributed by atoms with Gasteiger partial charge in [0.2, 0.25) is 5.91 Å². The van der Waals surface area contributed by atoms with Gasteiger partial charge in [-0.3, -0.25) is 9.59 Å². The molecule has 1 atom stereocenters. The number of rotatable bonds is 4. The first-order chi connectivity index (χ1) is 8.40. The third-order valence-electron chi connectivity index (χ3n) is 2.83. The van der Waals surface area contributed by atoms with Crippen LogP contribution in [-0.4, -0.2) is 17.9 Å². The molecule has 18 heavy (non-hydrogen) atoms. The molecular formula is C14H20N2O2. The molecule has 4 nitrogen and oxygen atoms in total. The Hall–Kier alpha value is -1.84. The second-order valence-electron chi connectivity index (χ2n) is 4.76. The maximum atomic E-state index is 11.9. The van der Waals surface area contributed by atoms with Gasteiger partial charge >= 0.3 is 0 Å². The number of nitrogens with one attached hydrogen (secondary N) is 2. The second kappa shape index (κ2) is 6.19. The second-order valence-corrected chi connectivity index (χ2v) is 4.76. The molecule has 0 heterocycles. The highest BCUT2D eigenvalue weighted by atomic mass is 16.2. The van der Waals surface area contributed by atoms with Gasteiger partial charge in [0.15, 0.2) is 0 Å². The minimum atomic E-state index is -0.124. The fraction of sp³-hybridized carbons (Fsp3) is 0.429. The van der Waals surface area contributed by atoms with Crippen LogP contribution < -0.4 is 10.6 Å². The Morgan fingerprint density at radius 2 is 1.61 bits per heavy atom. The van der Waals surface area contributed by atoms with Crippen LogP contribution >= 0.6 is 0 Å². The van der Waals surface area contributed by atoms with Gasteiger partial charge in [0, 0.05) is 24.2 Å². The van der Waals surface area contributed by atoms with Crippen LogP contribution in [0.2, 0.25) is 0 Å². The Morgan fingerprint density at radius 3 is 2.06 bits per heavy atom. The topological polar surface area (TPSA) is 58.2 Å². The number of carbonyl (C=O) groups is 2. The molecule has 1 unspecified atom stereocenters. The van der Waals surface area contributed by atoms with Crippen LogP contribution in [0, 0.1) is 5.92 Å². The summed E-state index contributed by atoms with van der Waals surface area (Å²) in [6.07, 6.45) is 0. The monoisotopic (exact) mass is 248 g/mol. The van der Waals surface area contributed by atoms with Crippen molar-refractivity contribution in [2.45, 2.75) is 33.7 Å². The third-order valence-corrected chi connectivity index (χ3v) is 2.83. The van der Waals surface area contributed by atoms with E-state index < -0.39 is 0 Å². The molecule has 0 aliphatic rings. The first-order valence-corrected chi connectivity index (χ1v) is 6.08. The molecule has 2 N–H and O–H groups in total. The summed E-state index contributed by atoms with van der Waals surface area (Å²) < 4.78 is 0. The lowest BCUT2D eigenvalue weighted by atomic mass is 10.1. The molecule has 1 rings (SSSR count). The number of benzene rings is 1. The van der Waals surface area contributed by atoms with Crippen LogP contribution in [0.3, 0.4) is 0 Å². The standard InChI is InChI=1S/C14H20N2O2/c1-9(2)10(3)15-14(18)12-5-7-13(8-6-12)16-11(4)17/h5-10H,1-4H3,(H,15,18)(H,16,17). The van der Waals surface area contributed by atoms with Gasteiger partial charge in [-0.25, -0.2) is 0 Å². The average molecular weight is 248 g/mol. The fourth-order valence-corrected chi connectivity index (χ4v) is 1.36. The molecular weight excluding hydrogens is 228 g/mol. The Bertz CT molecular complexity index is 424. The summed E-state index contributed by atoms with van der Waals surface area (Å²) in [5, 5.41) is 5.59. The molecule has 1 aromatic rings. The SMILES string of the molecule is CC(=O)Nc1ccc(C(=O)NC(C)C(C)C)cc1. The third kappa shape index (κ3) is 4.20. The zero-order valence-corrected chi connectivity index (χ0v) is 11.3. The lowest BCUT2D eigenvalue weighted by Crippen LogP contribution is -2.36. The Balaban J connectivity index is 2.67. The zero-order chi connectivity index (χ0) is 13.7. The van der Waals surface area contributed by atoms with E-state index in [0.29, 0.717) is 17.2 Å². The van der Waals surface area contributed by atoms with E-state index in [-0.39, 0.29) is 17.9 Å². The molecule has 0 saturated heterocycles. The summed E-state index contributed by atoms with van der Waals surface area (Å²) in [5.74, 6) is 0.179. The first-order valence-electron chi connectivity index (χ1n) is 6.08. The van der Waals surface area contributed by atoms with Crippen LogP contribution in [0.15, 0.2) is 24.3 Å². The van der Waals surface area contributed by atoms with Crippen LogP contribution in [0.4, 0.5) is 5.69 Å². The molecule has 1 aromatic carbocycles. The molecule has 4 heteroatoms. The summed E-state index contributed by atoms with van der Waals surface area (Å²) in [5.41, 5.74) is 1.28. The Morgan fingerprint density at radius 1 is 1.06 bits per heavy atom. The van der Waals surface area contributed by atoms with Crippen molar-refractivity contribution in [2.24, 2.45) is 5.92 Å². The highest BCUT2D eigenvalue weighted by Gasteiger charge is 2.12. The number of anilines is 1. The van der Waals surface area contributed by atoms with Crippen LogP contribution in [0.5, 0.6) is 0 Å². The van der Waals surface area contributed by atoms with Crippen molar-refractivity contribution < 1.29 is 9.59 Å². The summed E-state index contributed by atoms with van der Waals surface area (Å²) in [6, 6.07) is 6.97. The maximum absolute atomic E-state index is 11.9. The average Bonchev–Trinajstić information content (AvgIpc) is 2.28. The lowest BCUT2D eigenvalue weighted by molar-refractivity contribution is -0.114. The molecule has 0 spiro atoms. The summed E-state index contributed by atoms with van der Waals surface area (Å²) in [7, 11) is 0. The van der Waals surface area contributed by atoms with E-state index in [2.05, 4.69) is 24.5 Å². The van der Waals surface area contributed by atoms with E-state index in [4.69, 9.17) is 0 Å². The van der Waals surface area contributed by atoms with E-state index in [9.17, 15) is 9.59 Å². The Kier molecular flexibility index (Phi) is 4.89. The van der Waals surface area contributed by atoms with E-state index >= 15 is 0 Å². The van der Waals surface area contributed by atoms with E-state index in [0.717, 1.165) is 0 Å². The van der Waals surface area contributed by atoms with E-state index in [1.54, 1.807) is 24.3 Å². The van der Waals surface area contributed by atoms with Gasteiger partial charge in [-0.15, -0.1) is 0 Å². The molecule has 0 aliphatic carbocycles. The molecule has 0 saturated carbocycles. The highest BCUT2D eigenvalue weighted by Crippen LogP contribution is 2.10. The smallest absolute Gasteiger partial charge is 0.251 e. The van der Waals surface area contributed by atoms with Gasteiger partial charge in [-0.2, -0.15) is 0 Å². The molecule has 0 fully saturated rings. The van der Waals surface area contributed by atoms with Crippen molar-refractivity contribution in [1.29, 1.82) is 0 Å². The number of amides is 2. The summed E-state index contributed by atoms with van der Waals surface area (Å²) in [6.45, 7) is 7.55. The minimum absolute atomic E-state index is 0.0921. The fourth-order valence-electron chi connectivity index (χ4n) is 1.36. The minimum Gasteiger partial charge on any atom is -0.349 e. The summed E-state index contributed by atoms with van der Waals surface area (Å²) >= 11 is 0. The van der Waals surface area contributed by atoms with Gasteiger partial charge in [0.25, 0.3) is 5.91 Å². The molecule has 2 amide bonds. The molecule has 0 radical (unpaired) electrons. The predicted octanol–water partition coefficient (Wildman–Crippen LogP) is 2.42. The molecule has 0 bridgehead atoms.